The molecule has 0 saturated heterocycles. The molecule has 50 valence electrons. The van der Waals surface area contributed by atoms with Gasteiger partial charge < -0.3 is 5.73 Å². The molecule has 0 aromatic heterocycles. The predicted octanol–water partition coefficient (Wildman–Crippen LogP) is 1.77. The Bertz CT molecular complexity index is 50.3. The molecule has 0 radical (unpaired) electrons. The maximum Gasteiger partial charge on any atom is 0.00617 e. The molecule has 0 rings (SSSR count). The first-order valence-corrected chi connectivity index (χ1v) is 3.44. The Balaban J connectivity index is 3.17. The summed E-state index contributed by atoms with van der Waals surface area (Å²) in [5.41, 5.74) is 5.73. The Labute approximate surface area is 52.3 Å². The van der Waals surface area contributed by atoms with E-state index in [0.717, 1.165) is 6.42 Å². The molecule has 0 aliphatic carbocycles. The normalized spacial score (nSPS) is 14.6. The quantitative estimate of drug-likeness (QED) is 0.596. The van der Waals surface area contributed by atoms with E-state index in [1.165, 1.54) is 6.42 Å². The lowest BCUT2D eigenvalue weighted by Gasteiger charge is -2.12. The minimum absolute atomic E-state index is 0.417. The van der Waals surface area contributed by atoms with E-state index in [9.17, 15) is 0 Å². The van der Waals surface area contributed by atoms with Gasteiger partial charge in [0, 0.05) is 6.04 Å². The Morgan fingerprint density at radius 2 is 1.88 bits per heavy atom. The maximum atomic E-state index is 5.73. The fourth-order valence-corrected chi connectivity index (χ4v) is 0.667. The number of rotatable bonds is 3. The third-order valence-corrected chi connectivity index (χ3v) is 1.48. The van der Waals surface area contributed by atoms with Crippen molar-refractivity contribution in [3.63, 3.8) is 0 Å². The monoisotopic (exact) mass is 115 g/mol. The van der Waals surface area contributed by atoms with Gasteiger partial charge in [0.05, 0.1) is 0 Å². The zero-order valence-corrected chi connectivity index (χ0v) is 6.15. The Morgan fingerprint density at radius 1 is 1.38 bits per heavy atom. The van der Waals surface area contributed by atoms with E-state index in [2.05, 4.69) is 20.8 Å². The van der Waals surface area contributed by atoms with Crippen molar-refractivity contribution in [2.45, 2.75) is 39.7 Å². The Hall–Kier alpha value is -0.0400. The molecule has 0 aliphatic rings. The highest BCUT2D eigenvalue weighted by Gasteiger charge is 2.03. The Morgan fingerprint density at radius 3 is 2.00 bits per heavy atom. The van der Waals surface area contributed by atoms with E-state index in [0.29, 0.717) is 12.0 Å². The fraction of sp³-hybridized carbons (Fsp3) is 1.00. The molecule has 0 aromatic carbocycles. The van der Waals surface area contributed by atoms with Gasteiger partial charge in [-0.2, -0.15) is 0 Å². The smallest absolute Gasteiger partial charge is 0.00617 e. The predicted molar refractivity (Wildman–Crippen MR) is 37.7 cm³/mol. The molecule has 0 aromatic rings. The highest BCUT2D eigenvalue weighted by molar-refractivity contribution is 4.62. The van der Waals surface area contributed by atoms with Gasteiger partial charge in [-0.3, -0.25) is 0 Å². The van der Waals surface area contributed by atoms with Crippen LogP contribution in [0.15, 0.2) is 0 Å². The SMILES string of the molecule is CCC[C@H](N)C(C)C. The summed E-state index contributed by atoms with van der Waals surface area (Å²) in [6.07, 6.45) is 2.37. The second kappa shape index (κ2) is 3.90. The van der Waals surface area contributed by atoms with Crippen LogP contribution in [0.1, 0.15) is 33.6 Å². The van der Waals surface area contributed by atoms with E-state index >= 15 is 0 Å². The van der Waals surface area contributed by atoms with E-state index in [-0.39, 0.29) is 0 Å². The van der Waals surface area contributed by atoms with Crippen LogP contribution in [0.3, 0.4) is 0 Å². The first-order chi connectivity index (χ1) is 3.68. The van der Waals surface area contributed by atoms with Gasteiger partial charge in [-0.05, 0) is 12.3 Å². The molecule has 0 heterocycles. The van der Waals surface area contributed by atoms with Crippen LogP contribution in [-0.4, -0.2) is 6.04 Å². The zero-order valence-electron chi connectivity index (χ0n) is 6.15. The van der Waals surface area contributed by atoms with Crippen molar-refractivity contribution in [1.82, 2.24) is 0 Å². The van der Waals surface area contributed by atoms with Crippen LogP contribution in [0.4, 0.5) is 0 Å². The Kier molecular flexibility index (Phi) is 3.88. The summed E-state index contributed by atoms with van der Waals surface area (Å²) < 4.78 is 0. The van der Waals surface area contributed by atoms with E-state index in [1.54, 1.807) is 0 Å². The van der Waals surface area contributed by atoms with Crippen LogP contribution in [0.2, 0.25) is 0 Å². The molecule has 8 heavy (non-hydrogen) atoms. The van der Waals surface area contributed by atoms with Gasteiger partial charge in [-0.15, -0.1) is 0 Å². The summed E-state index contributed by atoms with van der Waals surface area (Å²) in [5, 5.41) is 0. The molecule has 0 spiro atoms. The molecule has 1 atom stereocenters. The summed E-state index contributed by atoms with van der Waals surface area (Å²) in [6, 6.07) is 0.417. The van der Waals surface area contributed by atoms with Crippen molar-refractivity contribution in [3.05, 3.63) is 0 Å². The summed E-state index contributed by atoms with van der Waals surface area (Å²) >= 11 is 0. The van der Waals surface area contributed by atoms with Crippen LogP contribution in [0, 0.1) is 5.92 Å². The van der Waals surface area contributed by atoms with Crippen LogP contribution >= 0.6 is 0 Å². The van der Waals surface area contributed by atoms with Crippen molar-refractivity contribution in [2.75, 3.05) is 0 Å². The van der Waals surface area contributed by atoms with Crippen LogP contribution in [0.5, 0.6) is 0 Å². The van der Waals surface area contributed by atoms with Crippen LogP contribution in [0.25, 0.3) is 0 Å². The van der Waals surface area contributed by atoms with Crippen molar-refractivity contribution in [2.24, 2.45) is 11.7 Å². The van der Waals surface area contributed by atoms with Gasteiger partial charge in [-0.1, -0.05) is 27.2 Å². The fourth-order valence-electron chi connectivity index (χ4n) is 0.667. The number of hydrogen-bond acceptors (Lipinski definition) is 1. The minimum atomic E-state index is 0.417. The summed E-state index contributed by atoms with van der Waals surface area (Å²) in [7, 11) is 0. The van der Waals surface area contributed by atoms with Gasteiger partial charge in [0.2, 0.25) is 0 Å². The number of nitrogens with two attached hydrogens (primary N) is 1. The second-order valence-electron chi connectivity index (χ2n) is 2.70. The first-order valence-electron chi connectivity index (χ1n) is 3.44. The van der Waals surface area contributed by atoms with Crippen LogP contribution in [-0.2, 0) is 0 Å². The standard InChI is InChI=1S/C7H17N/c1-4-5-7(8)6(2)3/h6-7H,4-5,8H2,1-3H3/t7-/m0/s1. The van der Waals surface area contributed by atoms with Crippen molar-refractivity contribution in [3.8, 4) is 0 Å². The average Bonchev–Trinajstić information content (AvgIpc) is 1.67. The van der Waals surface area contributed by atoms with Gasteiger partial charge in [0.25, 0.3) is 0 Å². The van der Waals surface area contributed by atoms with Crippen molar-refractivity contribution < 1.29 is 0 Å². The molecule has 0 amide bonds. The van der Waals surface area contributed by atoms with E-state index < -0.39 is 0 Å². The van der Waals surface area contributed by atoms with Gasteiger partial charge >= 0.3 is 0 Å². The lowest BCUT2D eigenvalue weighted by molar-refractivity contribution is 0.460. The molecule has 0 saturated carbocycles. The van der Waals surface area contributed by atoms with Gasteiger partial charge in [0.1, 0.15) is 0 Å². The molecule has 0 unspecified atom stereocenters. The minimum Gasteiger partial charge on any atom is -0.327 e. The van der Waals surface area contributed by atoms with E-state index in [1.807, 2.05) is 0 Å². The molecule has 1 nitrogen and oxygen atoms in total. The molecule has 0 fully saturated rings. The van der Waals surface area contributed by atoms with Gasteiger partial charge in [-0.25, -0.2) is 0 Å². The average molecular weight is 115 g/mol. The third-order valence-electron chi connectivity index (χ3n) is 1.48. The molecule has 0 bridgehead atoms. The molecule has 1 heteroatoms. The molecular weight excluding hydrogens is 98.1 g/mol. The topological polar surface area (TPSA) is 26.0 Å². The lowest BCUT2D eigenvalue weighted by Crippen LogP contribution is -2.25. The zero-order chi connectivity index (χ0) is 6.57. The second-order valence-corrected chi connectivity index (χ2v) is 2.70. The highest BCUT2D eigenvalue weighted by Crippen LogP contribution is 2.03. The summed E-state index contributed by atoms with van der Waals surface area (Å²) in [4.78, 5) is 0. The van der Waals surface area contributed by atoms with Crippen molar-refractivity contribution in [1.29, 1.82) is 0 Å². The van der Waals surface area contributed by atoms with Crippen molar-refractivity contribution >= 4 is 0 Å². The van der Waals surface area contributed by atoms with Gasteiger partial charge in [0.15, 0.2) is 0 Å². The van der Waals surface area contributed by atoms with E-state index in [4.69, 9.17) is 5.73 Å². The highest BCUT2D eigenvalue weighted by atomic mass is 14.6. The van der Waals surface area contributed by atoms with Crippen LogP contribution < -0.4 is 5.73 Å². The molecular formula is C7H17N. The molecule has 0 aliphatic heterocycles. The summed E-state index contributed by atoms with van der Waals surface area (Å²) in [5.74, 6) is 0.648. The maximum absolute atomic E-state index is 5.73. The summed E-state index contributed by atoms with van der Waals surface area (Å²) in [6.45, 7) is 6.50. The molecule has 2 N–H and O–H groups in total. The first kappa shape index (κ1) is 7.96. The third kappa shape index (κ3) is 3.03. The lowest BCUT2D eigenvalue weighted by atomic mass is 10.0. The largest absolute Gasteiger partial charge is 0.327 e. The number of hydrogen-bond donors (Lipinski definition) is 1.